The van der Waals surface area contributed by atoms with Crippen molar-refractivity contribution in [2.75, 3.05) is 26.7 Å². The fraction of sp³-hybridized carbons (Fsp3) is 0.500. The third-order valence-electron chi connectivity index (χ3n) is 3.61. The second kappa shape index (κ2) is 5.75. The first-order valence-electron chi connectivity index (χ1n) is 6.72. The van der Waals surface area contributed by atoms with Gasteiger partial charge in [-0.1, -0.05) is 17.7 Å². The standard InChI is InChI=1S/C14H20N2O4S/c1-11-4-6-12(7-5-11)21(18,19)16-8-9-20-14(2,10-16)13(17)15-3/h4-7H,8-10H2,1-3H3,(H,15,17)/t14-/m0/s1. The normalized spacial score (nSPS) is 23.8. The Kier molecular flexibility index (Phi) is 4.36. The van der Waals surface area contributed by atoms with Gasteiger partial charge in [0.2, 0.25) is 10.0 Å². The minimum atomic E-state index is -3.62. The molecular formula is C14H20N2O4S. The molecule has 1 amide bonds. The number of likely N-dealkylation sites (N-methyl/N-ethyl adjacent to an activating group) is 1. The Hall–Kier alpha value is -1.44. The van der Waals surface area contributed by atoms with Gasteiger partial charge in [-0.3, -0.25) is 4.79 Å². The van der Waals surface area contributed by atoms with Gasteiger partial charge in [0.05, 0.1) is 18.0 Å². The number of hydrogen-bond donors (Lipinski definition) is 1. The van der Waals surface area contributed by atoms with E-state index < -0.39 is 15.6 Å². The van der Waals surface area contributed by atoms with Crippen LogP contribution in [0.1, 0.15) is 12.5 Å². The van der Waals surface area contributed by atoms with Gasteiger partial charge in [-0.25, -0.2) is 8.42 Å². The number of aryl methyl sites for hydroxylation is 1. The van der Waals surface area contributed by atoms with E-state index in [0.717, 1.165) is 5.56 Å². The van der Waals surface area contributed by atoms with Gasteiger partial charge in [0, 0.05) is 13.6 Å². The topological polar surface area (TPSA) is 75.7 Å². The predicted molar refractivity (Wildman–Crippen MR) is 78.4 cm³/mol. The number of carbonyl (C=O) groups excluding carboxylic acids is 1. The summed E-state index contributed by atoms with van der Waals surface area (Å²) in [6, 6.07) is 6.67. The van der Waals surface area contributed by atoms with Crippen LogP contribution in [0.4, 0.5) is 0 Å². The lowest BCUT2D eigenvalue weighted by atomic mass is 10.0. The van der Waals surface area contributed by atoms with Crippen molar-refractivity contribution in [1.82, 2.24) is 9.62 Å². The smallest absolute Gasteiger partial charge is 0.253 e. The van der Waals surface area contributed by atoms with E-state index in [1.165, 1.54) is 11.4 Å². The first-order chi connectivity index (χ1) is 9.79. The Bertz CT molecular complexity index is 627. The lowest BCUT2D eigenvalue weighted by Gasteiger charge is -2.38. The average Bonchev–Trinajstić information content (AvgIpc) is 2.47. The summed E-state index contributed by atoms with van der Waals surface area (Å²) in [4.78, 5) is 12.1. The molecule has 0 aromatic heterocycles. The molecule has 116 valence electrons. The van der Waals surface area contributed by atoms with Gasteiger partial charge in [0.25, 0.3) is 5.91 Å². The van der Waals surface area contributed by atoms with Crippen molar-refractivity contribution in [2.45, 2.75) is 24.3 Å². The molecule has 1 N–H and O–H groups in total. The number of rotatable bonds is 3. The van der Waals surface area contributed by atoms with Crippen LogP contribution in [0.3, 0.4) is 0 Å². The van der Waals surface area contributed by atoms with Crippen molar-refractivity contribution in [3.63, 3.8) is 0 Å². The highest BCUT2D eigenvalue weighted by atomic mass is 32.2. The van der Waals surface area contributed by atoms with Crippen molar-refractivity contribution in [1.29, 1.82) is 0 Å². The summed E-state index contributed by atoms with van der Waals surface area (Å²) in [5, 5.41) is 2.51. The molecule has 1 aromatic carbocycles. The molecule has 1 aliphatic heterocycles. The highest BCUT2D eigenvalue weighted by molar-refractivity contribution is 7.89. The molecule has 0 bridgehead atoms. The lowest BCUT2D eigenvalue weighted by molar-refractivity contribution is -0.151. The van der Waals surface area contributed by atoms with Crippen molar-refractivity contribution < 1.29 is 17.9 Å². The Morgan fingerprint density at radius 2 is 1.95 bits per heavy atom. The summed E-state index contributed by atoms with van der Waals surface area (Å²) in [5.41, 5.74) is -0.170. The minimum Gasteiger partial charge on any atom is -0.363 e. The zero-order chi connectivity index (χ0) is 15.7. The first-order valence-corrected chi connectivity index (χ1v) is 8.16. The molecular weight excluding hydrogens is 292 g/mol. The summed E-state index contributed by atoms with van der Waals surface area (Å²) in [7, 11) is -2.11. The van der Waals surface area contributed by atoms with Crippen LogP contribution >= 0.6 is 0 Å². The number of sulfonamides is 1. The Morgan fingerprint density at radius 3 is 2.52 bits per heavy atom. The zero-order valence-corrected chi connectivity index (χ0v) is 13.2. The Balaban J connectivity index is 2.28. The molecule has 0 unspecified atom stereocenters. The largest absolute Gasteiger partial charge is 0.363 e. The molecule has 1 fully saturated rings. The van der Waals surface area contributed by atoms with Gasteiger partial charge in [-0.15, -0.1) is 0 Å². The number of carbonyl (C=O) groups is 1. The Morgan fingerprint density at radius 1 is 1.33 bits per heavy atom. The van der Waals surface area contributed by atoms with Crippen LogP contribution in [0, 0.1) is 6.92 Å². The van der Waals surface area contributed by atoms with E-state index in [2.05, 4.69) is 5.32 Å². The second-order valence-corrected chi connectivity index (χ2v) is 7.25. The summed E-state index contributed by atoms with van der Waals surface area (Å²) in [5.74, 6) is -0.327. The second-order valence-electron chi connectivity index (χ2n) is 5.31. The highest BCUT2D eigenvalue weighted by Crippen LogP contribution is 2.24. The van der Waals surface area contributed by atoms with Crippen LogP contribution in [0.2, 0.25) is 0 Å². The number of nitrogens with one attached hydrogen (secondary N) is 1. The maximum absolute atomic E-state index is 12.6. The van der Waals surface area contributed by atoms with Crippen LogP contribution in [0.15, 0.2) is 29.2 Å². The zero-order valence-electron chi connectivity index (χ0n) is 12.4. The van der Waals surface area contributed by atoms with Gasteiger partial charge in [-0.05, 0) is 26.0 Å². The van der Waals surface area contributed by atoms with E-state index in [1.54, 1.807) is 31.2 Å². The molecule has 2 rings (SSSR count). The number of nitrogens with zero attached hydrogens (tertiary/aromatic N) is 1. The average molecular weight is 312 g/mol. The summed E-state index contributed by atoms with van der Waals surface area (Å²) < 4.78 is 32.1. The summed E-state index contributed by atoms with van der Waals surface area (Å²) >= 11 is 0. The van der Waals surface area contributed by atoms with Gasteiger partial charge < -0.3 is 10.1 Å². The maximum Gasteiger partial charge on any atom is 0.253 e. The molecule has 1 saturated heterocycles. The molecule has 0 spiro atoms. The molecule has 0 saturated carbocycles. The number of morpholine rings is 1. The molecule has 6 nitrogen and oxygen atoms in total. The number of ether oxygens (including phenoxy) is 1. The fourth-order valence-electron chi connectivity index (χ4n) is 2.30. The Labute approximate surface area is 125 Å². The van der Waals surface area contributed by atoms with Crippen LogP contribution in [0.5, 0.6) is 0 Å². The third-order valence-corrected chi connectivity index (χ3v) is 5.46. The quantitative estimate of drug-likeness (QED) is 0.883. The first kappa shape index (κ1) is 15.9. The van der Waals surface area contributed by atoms with E-state index in [9.17, 15) is 13.2 Å². The monoisotopic (exact) mass is 312 g/mol. The molecule has 0 aliphatic carbocycles. The molecule has 1 aromatic rings. The van der Waals surface area contributed by atoms with E-state index >= 15 is 0 Å². The minimum absolute atomic E-state index is 0.00286. The maximum atomic E-state index is 12.6. The SMILES string of the molecule is CNC(=O)[C@]1(C)CN(S(=O)(=O)c2ccc(C)cc2)CCO1. The van der Waals surface area contributed by atoms with Crippen molar-refractivity contribution >= 4 is 15.9 Å². The molecule has 1 heterocycles. The number of amides is 1. The van der Waals surface area contributed by atoms with Gasteiger partial charge in [-0.2, -0.15) is 4.31 Å². The lowest BCUT2D eigenvalue weighted by Crippen LogP contribution is -2.58. The van der Waals surface area contributed by atoms with Gasteiger partial charge in [0.1, 0.15) is 0 Å². The summed E-state index contributed by atoms with van der Waals surface area (Å²) in [6.45, 7) is 3.93. The van der Waals surface area contributed by atoms with Gasteiger partial charge >= 0.3 is 0 Å². The number of benzene rings is 1. The summed E-state index contributed by atoms with van der Waals surface area (Å²) in [6.07, 6.45) is 0. The van der Waals surface area contributed by atoms with Crippen LogP contribution < -0.4 is 5.32 Å². The van der Waals surface area contributed by atoms with Gasteiger partial charge in [0.15, 0.2) is 5.60 Å². The molecule has 7 heteroatoms. The molecule has 0 radical (unpaired) electrons. The fourth-order valence-corrected chi connectivity index (χ4v) is 3.81. The molecule has 1 aliphatic rings. The van der Waals surface area contributed by atoms with E-state index in [-0.39, 0.29) is 30.5 Å². The van der Waals surface area contributed by atoms with Crippen LogP contribution in [-0.4, -0.2) is 51.0 Å². The highest BCUT2D eigenvalue weighted by Gasteiger charge is 2.42. The predicted octanol–water partition coefficient (Wildman–Crippen LogP) is 0.521. The van der Waals surface area contributed by atoms with Crippen LogP contribution in [0.25, 0.3) is 0 Å². The van der Waals surface area contributed by atoms with Crippen LogP contribution in [-0.2, 0) is 19.6 Å². The van der Waals surface area contributed by atoms with Crippen molar-refractivity contribution in [3.8, 4) is 0 Å². The molecule has 1 atom stereocenters. The molecule has 21 heavy (non-hydrogen) atoms. The van der Waals surface area contributed by atoms with E-state index in [1.807, 2.05) is 6.92 Å². The van der Waals surface area contributed by atoms with Crippen molar-refractivity contribution in [3.05, 3.63) is 29.8 Å². The third kappa shape index (κ3) is 3.09. The number of hydrogen-bond acceptors (Lipinski definition) is 4. The van der Waals surface area contributed by atoms with E-state index in [0.29, 0.717) is 0 Å². The van der Waals surface area contributed by atoms with E-state index in [4.69, 9.17) is 4.74 Å². The van der Waals surface area contributed by atoms with Crippen molar-refractivity contribution in [2.24, 2.45) is 0 Å².